The topological polar surface area (TPSA) is 59.8 Å². The first-order chi connectivity index (χ1) is 17.5. The third-order valence-electron chi connectivity index (χ3n) is 7.55. The summed E-state index contributed by atoms with van der Waals surface area (Å²) in [6.45, 7) is 7.35. The number of aryl methyl sites for hydroxylation is 1. The van der Waals surface area contributed by atoms with Crippen molar-refractivity contribution in [1.82, 2.24) is 19.9 Å². The van der Waals surface area contributed by atoms with Gasteiger partial charge in [-0.15, -0.1) is 0 Å². The maximum absolute atomic E-state index is 12.9. The SMILES string of the molecule is Cc1cccc(CSc2nc3ccncc3n2Cc2ccc(C(=O)NC3CCCC(C)C3C)cc2)c1. The van der Waals surface area contributed by atoms with Gasteiger partial charge in [0.25, 0.3) is 5.91 Å². The summed E-state index contributed by atoms with van der Waals surface area (Å²) in [5.41, 5.74) is 6.37. The fraction of sp³-hybridized carbons (Fsp3) is 0.367. The number of aromatic nitrogens is 3. The number of carbonyl (C=O) groups excluding carboxylic acids is 1. The molecule has 2 heterocycles. The van der Waals surface area contributed by atoms with Gasteiger partial charge in [0.1, 0.15) is 0 Å². The highest BCUT2D eigenvalue weighted by atomic mass is 32.2. The normalized spacial score (nSPS) is 19.9. The van der Waals surface area contributed by atoms with Crippen molar-refractivity contribution in [2.24, 2.45) is 11.8 Å². The maximum Gasteiger partial charge on any atom is 0.251 e. The van der Waals surface area contributed by atoms with E-state index >= 15 is 0 Å². The Labute approximate surface area is 217 Å². The highest BCUT2D eigenvalue weighted by molar-refractivity contribution is 7.98. The molecule has 1 fully saturated rings. The summed E-state index contributed by atoms with van der Waals surface area (Å²) in [6, 6.07) is 18.8. The molecule has 36 heavy (non-hydrogen) atoms. The van der Waals surface area contributed by atoms with E-state index < -0.39 is 0 Å². The third kappa shape index (κ3) is 5.49. The Hall–Kier alpha value is -3.12. The second kappa shape index (κ2) is 10.9. The molecule has 0 spiro atoms. The number of benzene rings is 2. The first-order valence-corrected chi connectivity index (χ1v) is 13.8. The minimum atomic E-state index is 0.0270. The fourth-order valence-electron chi connectivity index (χ4n) is 5.14. The molecule has 1 aliphatic carbocycles. The second-order valence-corrected chi connectivity index (χ2v) is 11.1. The summed E-state index contributed by atoms with van der Waals surface area (Å²) in [4.78, 5) is 22.2. The average molecular weight is 499 g/mol. The van der Waals surface area contributed by atoms with Crippen LogP contribution in [0.2, 0.25) is 0 Å². The van der Waals surface area contributed by atoms with Crippen molar-refractivity contribution in [3.8, 4) is 0 Å². The first kappa shape index (κ1) is 24.6. The van der Waals surface area contributed by atoms with Gasteiger partial charge < -0.3 is 9.88 Å². The number of hydrogen-bond donors (Lipinski definition) is 1. The van der Waals surface area contributed by atoms with Gasteiger partial charge in [0.15, 0.2) is 5.16 Å². The molecule has 186 valence electrons. The molecule has 0 saturated heterocycles. The van der Waals surface area contributed by atoms with Gasteiger partial charge in [-0.05, 0) is 54.5 Å². The van der Waals surface area contributed by atoms with Crippen LogP contribution < -0.4 is 5.32 Å². The lowest BCUT2D eigenvalue weighted by atomic mass is 9.78. The molecule has 5 rings (SSSR count). The Kier molecular flexibility index (Phi) is 7.42. The van der Waals surface area contributed by atoms with Crippen molar-refractivity contribution in [2.45, 2.75) is 63.5 Å². The molecule has 2 aromatic carbocycles. The van der Waals surface area contributed by atoms with Crippen molar-refractivity contribution >= 4 is 28.7 Å². The van der Waals surface area contributed by atoms with Crippen molar-refractivity contribution in [3.63, 3.8) is 0 Å². The number of hydrogen-bond acceptors (Lipinski definition) is 4. The van der Waals surface area contributed by atoms with Crippen molar-refractivity contribution in [1.29, 1.82) is 0 Å². The molecule has 5 nitrogen and oxygen atoms in total. The second-order valence-electron chi connectivity index (χ2n) is 10.2. The lowest BCUT2D eigenvalue weighted by Crippen LogP contribution is -2.43. The molecule has 3 unspecified atom stereocenters. The molecular weight excluding hydrogens is 464 g/mol. The van der Waals surface area contributed by atoms with Gasteiger partial charge in [-0.3, -0.25) is 9.78 Å². The van der Waals surface area contributed by atoms with E-state index in [1.165, 1.54) is 24.0 Å². The largest absolute Gasteiger partial charge is 0.349 e. The van der Waals surface area contributed by atoms with Crippen molar-refractivity contribution in [2.75, 3.05) is 0 Å². The van der Waals surface area contributed by atoms with Gasteiger partial charge in [0.2, 0.25) is 0 Å². The molecular formula is C30H34N4OS. The van der Waals surface area contributed by atoms with Crippen LogP contribution in [0.25, 0.3) is 11.0 Å². The predicted octanol–water partition coefficient (Wildman–Crippen LogP) is 6.63. The van der Waals surface area contributed by atoms with Crippen LogP contribution in [0.1, 0.15) is 60.2 Å². The molecule has 0 aliphatic heterocycles. The van der Waals surface area contributed by atoms with Crippen LogP contribution in [-0.2, 0) is 12.3 Å². The molecule has 1 amide bonds. The molecule has 1 saturated carbocycles. The van der Waals surface area contributed by atoms with E-state index in [4.69, 9.17) is 4.98 Å². The van der Waals surface area contributed by atoms with Gasteiger partial charge in [0, 0.05) is 23.6 Å². The predicted molar refractivity (Wildman–Crippen MR) is 147 cm³/mol. The smallest absolute Gasteiger partial charge is 0.251 e. The molecule has 3 atom stereocenters. The molecule has 1 aliphatic rings. The highest BCUT2D eigenvalue weighted by Crippen LogP contribution is 2.30. The monoisotopic (exact) mass is 498 g/mol. The minimum Gasteiger partial charge on any atom is -0.349 e. The number of pyridine rings is 1. The zero-order valence-corrected chi connectivity index (χ0v) is 22.1. The standard InChI is InChI=1S/C30H34N4OS/c1-20-6-4-8-24(16-20)19-36-30-33-27-14-15-31-17-28(27)34(30)18-23-10-12-25(13-11-23)29(35)32-26-9-5-7-21(2)22(26)3/h4,6,8,10-17,21-22,26H,5,7,9,18-19H2,1-3H3,(H,32,35). The zero-order chi connectivity index (χ0) is 25.1. The summed E-state index contributed by atoms with van der Waals surface area (Å²) in [5.74, 6) is 2.05. The Balaban J connectivity index is 1.31. The number of nitrogens with one attached hydrogen (secondary N) is 1. The summed E-state index contributed by atoms with van der Waals surface area (Å²) >= 11 is 1.74. The first-order valence-electron chi connectivity index (χ1n) is 12.9. The van der Waals surface area contributed by atoms with E-state index in [1.54, 1.807) is 18.0 Å². The van der Waals surface area contributed by atoms with Gasteiger partial charge >= 0.3 is 0 Å². The lowest BCUT2D eigenvalue weighted by molar-refractivity contribution is 0.0891. The number of nitrogens with zero attached hydrogens (tertiary/aromatic N) is 3. The lowest BCUT2D eigenvalue weighted by Gasteiger charge is -2.34. The molecule has 4 aromatic rings. The average Bonchev–Trinajstić information content (AvgIpc) is 3.23. The number of rotatable bonds is 7. The van der Waals surface area contributed by atoms with Gasteiger partial charge in [0.05, 0.1) is 23.8 Å². The molecule has 6 heteroatoms. The number of amides is 1. The molecule has 1 N–H and O–H groups in total. The van der Waals surface area contributed by atoms with Crippen LogP contribution in [0.3, 0.4) is 0 Å². The van der Waals surface area contributed by atoms with Crippen LogP contribution in [0.4, 0.5) is 0 Å². The van der Waals surface area contributed by atoms with Gasteiger partial charge in [-0.1, -0.05) is 80.4 Å². The Morgan fingerprint density at radius 1 is 1.08 bits per heavy atom. The van der Waals surface area contributed by atoms with Gasteiger partial charge in [-0.25, -0.2) is 4.98 Å². The fourth-order valence-corrected chi connectivity index (χ4v) is 6.10. The van der Waals surface area contributed by atoms with Crippen molar-refractivity contribution in [3.05, 3.63) is 89.2 Å². The summed E-state index contributed by atoms with van der Waals surface area (Å²) < 4.78 is 2.23. The third-order valence-corrected chi connectivity index (χ3v) is 8.59. The van der Waals surface area contributed by atoms with E-state index in [-0.39, 0.29) is 11.9 Å². The van der Waals surface area contributed by atoms with Crippen molar-refractivity contribution < 1.29 is 4.79 Å². The Bertz CT molecular complexity index is 1350. The maximum atomic E-state index is 12.9. The highest BCUT2D eigenvalue weighted by Gasteiger charge is 2.28. The van der Waals surface area contributed by atoms with E-state index in [2.05, 4.69) is 72.0 Å². The van der Waals surface area contributed by atoms with Crippen LogP contribution in [-0.4, -0.2) is 26.5 Å². The van der Waals surface area contributed by atoms with E-state index in [0.29, 0.717) is 18.4 Å². The number of fused-ring (bicyclic) bond motifs is 1. The summed E-state index contributed by atoms with van der Waals surface area (Å²) in [6.07, 6.45) is 7.18. The number of thioether (sulfide) groups is 1. The van der Waals surface area contributed by atoms with Crippen LogP contribution in [0, 0.1) is 18.8 Å². The number of carbonyl (C=O) groups is 1. The molecule has 2 aromatic heterocycles. The Morgan fingerprint density at radius 2 is 1.92 bits per heavy atom. The van der Waals surface area contributed by atoms with E-state index in [0.717, 1.165) is 39.5 Å². The van der Waals surface area contributed by atoms with E-state index in [1.807, 2.05) is 24.4 Å². The van der Waals surface area contributed by atoms with Gasteiger partial charge in [-0.2, -0.15) is 0 Å². The summed E-state index contributed by atoms with van der Waals surface area (Å²) in [5, 5.41) is 4.26. The Morgan fingerprint density at radius 3 is 2.72 bits per heavy atom. The van der Waals surface area contributed by atoms with Crippen LogP contribution in [0.5, 0.6) is 0 Å². The molecule has 0 radical (unpaired) electrons. The molecule has 0 bridgehead atoms. The van der Waals surface area contributed by atoms with E-state index in [9.17, 15) is 4.79 Å². The zero-order valence-electron chi connectivity index (χ0n) is 21.3. The van der Waals surface area contributed by atoms with Crippen LogP contribution >= 0.6 is 11.8 Å². The quantitative estimate of drug-likeness (QED) is 0.290. The minimum absolute atomic E-state index is 0.0270. The number of imidazole rings is 1. The van der Waals surface area contributed by atoms with Crippen LogP contribution in [0.15, 0.2) is 72.1 Å². The summed E-state index contributed by atoms with van der Waals surface area (Å²) in [7, 11) is 0.